The van der Waals surface area contributed by atoms with Crippen molar-refractivity contribution in [2.24, 2.45) is 0 Å². The molecule has 1 aromatic heterocycles. The first kappa shape index (κ1) is 26.2. The van der Waals surface area contributed by atoms with Crippen LogP contribution in [0.3, 0.4) is 0 Å². The Labute approximate surface area is 219 Å². The van der Waals surface area contributed by atoms with Crippen LogP contribution in [0.5, 0.6) is 5.75 Å². The Morgan fingerprint density at radius 2 is 1.89 bits per heavy atom. The van der Waals surface area contributed by atoms with E-state index in [4.69, 9.17) is 4.74 Å². The lowest BCUT2D eigenvalue weighted by atomic mass is 9.89. The Balaban J connectivity index is 1.35. The molecule has 0 saturated carbocycles. The molecular weight excluding hydrogens is 492 g/mol. The first-order valence-corrected chi connectivity index (χ1v) is 13.0. The van der Waals surface area contributed by atoms with Crippen molar-refractivity contribution in [3.05, 3.63) is 87.7 Å². The summed E-state index contributed by atoms with van der Waals surface area (Å²) in [5, 5.41) is 14.0. The highest BCUT2D eigenvalue weighted by atomic mass is 32.2. The van der Waals surface area contributed by atoms with Gasteiger partial charge in [0.15, 0.2) is 5.75 Å². The molecule has 0 radical (unpaired) electrons. The number of nitro benzene ring substituents is 1. The van der Waals surface area contributed by atoms with E-state index < -0.39 is 4.92 Å². The predicted molar refractivity (Wildman–Crippen MR) is 143 cm³/mol. The van der Waals surface area contributed by atoms with Crippen LogP contribution >= 0.6 is 11.8 Å². The van der Waals surface area contributed by atoms with Crippen molar-refractivity contribution in [1.29, 1.82) is 0 Å². The second-order valence-corrected chi connectivity index (χ2v) is 9.88. The van der Waals surface area contributed by atoms with E-state index >= 15 is 0 Å². The summed E-state index contributed by atoms with van der Waals surface area (Å²) in [5.74, 6) is 0.816. The van der Waals surface area contributed by atoms with Crippen molar-refractivity contribution in [2.45, 2.75) is 30.6 Å². The number of nitrogens with zero attached hydrogens (tertiary/aromatic N) is 3. The number of hydrogen-bond acceptors (Lipinski definition) is 7. The summed E-state index contributed by atoms with van der Waals surface area (Å²) in [6, 6.07) is 15.7. The maximum atomic E-state index is 13.0. The van der Waals surface area contributed by atoms with E-state index in [0.29, 0.717) is 36.0 Å². The minimum Gasteiger partial charge on any atom is -0.490 e. The summed E-state index contributed by atoms with van der Waals surface area (Å²) in [6.07, 6.45) is 3.22. The number of ether oxygens (including phenoxy) is 1. The van der Waals surface area contributed by atoms with Gasteiger partial charge in [0.05, 0.1) is 12.0 Å². The third-order valence-electron chi connectivity index (χ3n) is 6.33. The van der Waals surface area contributed by atoms with Gasteiger partial charge < -0.3 is 15.0 Å². The van der Waals surface area contributed by atoms with Crippen LogP contribution < -0.4 is 10.1 Å². The molecule has 0 bridgehead atoms. The monoisotopic (exact) mass is 520 g/mol. The maximum Gasteiger partial charge on any atom is 0.310 e. The molecule has 4 rings (SSSR count). The van der Waals surface area contributed by atoms with Crippen molar-refractivity contribution in [2.75, 3.05) is 31.3 Å². The number of benzene rings is 2. The fourth-order valence-corrected chi connectivity index (χ4v) is 5.19. The number of nitro groups is 1. The van der Waals surface area contributed by atoms with Crippen LogP contribution in [0.15, 0.2) is 65.7 Å². The van der Waals surface area contributed by atoms with E-state index in [1.165, 1.54) is 25.3 Å². The molecule has 1 aliphatic heterocycles. The number of methoxy groups -OCH3 is 1. The summed E-state index contributed by atoms with van der Waals surface area (Å²) >= 11 is 1.58. The molecule has 3 aromatic rings. The van der Waals surface area contributed by atoms with E-state index in [-0.39, 0.29) is 23.3 Å². The van der Waals surface area contributed by atoms with Crippen LogP contribution in [-0.4, -0.2) is 52.6 Å². The fourth-order valence-electron chi connectivity index (χ4n) is 4.42. The molecule has 37 heavy (non-hydrogen) atoms. The topological polar surface area (TPSA) is 115 Å². The molecule has 1 saturated heterocycles. The van der Waals surface area contributed by atoms with Gasteiger partial charge in [0, 0.05) is 47.6 Å². The summed E-state index contributed by atoms with van der Waals surface area (Å²) in [7, 11) is 1.35. The number of pyridine rings is 1. The normalized spacial score (nSPS) is 13.7. The van der Waals surface area contributed by atoms with E-state index in [2.05, 4.69) is 10.3 Å². The Bertz CT molecular complexity index is 1290. The lowest BCUT2D eigenvalue weighted by Gasteiger charge is -2.32. The van der Waals surface area contributed by atoms with Gasteiger partial charge >= 0.3 is 5.69 Å². The molecule has 1 N–H and O–H groups in total. The fraction of sp³-hybridized carbons (Fsp3) is 0.296. The van der Waals surface area contributed by atoms with Gasteiger partial charge in [-0.05, 0) is 60.4 Å². The summed E-state index contributed by atoms with van der Waals surface area (Å²) in [6.45, 7) is 3.20. The van der Waals surface area contributed by atoms with Crippen molar-refractivity contribution in [3.8, 4) is 5.75 Å². The molecule has 1 fully saturated rings. The number of carbonyl (C=O) groups is 2. The van der Waals surface area contributed by atoms with Gasteiger partial charge in [0.25, 0.3) is 11.8 Å². The highest BCUT2D eigenvalue weighted by Gasteiger charge is 2.26. The van der Waals surface area contributed by atoms with Crippen LogP contribution in [0.2, 0.25) is 0 Å². The standard InChI is InChI=1S/C27H28N4O5S/c1-3-37-24-5-4-14-28-25(24)26(32)29-21-9-6-18(7-10-21)19-12-15-30(16-13-19)27(33)20-8-11-22(31(34)35)23(17-20)36-2/h4-11,14,17,19H,3,12-13,15-16H2,1-2H3,(H,29,32). The second-order valence-electron chi connectivity index (χ2n) is 8.57. The molecule has 0 aliphatic carbocycles. The van der Waals surface area contributed by atoms with Crippen molar-refractivity contribution >= 4 is 35.0 Å². The molecule has 2 heterocycles. The van der Waals surface area contributed by atoms with E-state index in [1.807, 2.05) is 43.3 Å². The molecule has 0 spiro atoms. The number of amides is 2. The lowest BCUT2D eigenvalue weighted by Crippen LogP contribution is -2.37. The quantitative estimate of drug-likeness (QED) is 0.241. The number of aromatic nitrogens is 1. The van der Waals surface area contributed by atoms with Crippen LogP contribution in [0.4, 0.5) is 11.4 Å². The van der Waals surface area contributed by atoms with Crippen LogP contribution in [0.25, 0.3) is 0 Å². The van der Waals surface area contributed by atoms with E-state index in [9.17, 15) is 19.7 Å². The van der Waals surface area contributed by atoms with Crippen molar-refractivity contribution < 1.29 is 19.2 Å². The first-order chi connectivity index (χ1) is 17.9. The summed E-state index contributed by atoms with van der Waals surface area (Å²) in [4.78, 5) is 43.2. The maximum absolute atomic E-state index is 13.0. The minimum atomic E-state index is -0.531. The zero-order valence-electron chi connectivity index (χ0n) is 20.7. The number of anilines is 1. The summed E-state index contributed by atoms with van der Waals surface area (Å²) in [5.41, 5.74) is 2.47. The SMILES string of the molecule is CCSc1cccnc1C(=O)Nc1ccc(C2CCN(C(=O)c3ccc([N+](=O)[O-])c(OC)c3)CC2)cc1. The van der Waals surface area contributed by atoms with Gasteiger partial charge in [-0.25, -0.2) is 4.98 Å². The molecule has 2 aromatic carbocycles. The number of hydrogen-bond donors (Lipinski definition) is 1. The number of piperidine rings is 1. The average Bonchev–Trinajstić information content (AvgIpc) is 2.93. The first-order valence-electron chi connectivity index (χ1n) is 12.0. The number of thioether (sulfide) groups is 1. The van der Waals surface area contributed by atoms with Crippen molar-refractivity contribution in [1.82, 2.24) is 9.88 Å². The van der Waals surface area contributed by atoms with Crippen LogP contribution in [0.1, 0.15) is 52.1 Å². The Kier molecular flexibility index (Phi) is 8.39. The molecular formula is C27H28N4O5S. The lowest BCUT2D eigenvalue weighted by molar-refractivity contribution is -0.385. The largest absolute Gasteiger partial charge is 0.490 e. The molecule has 2 amide bonds. The number of likely N-dealkylation sites (tertiary alicyclic amines) is 1. The zero-order chi connectivity index (χ0) is 26.4. The van der Waals surface area contributed by atoms with Crippen LogP contribution in [-0.2, 0) is 0 Å². The van der Waals surface area contributed by atoms with Gasteiger partial charge in [-0.2, -0.15) is 0 Å². The Morgan fingerprint density at radius 3 is 2.54 bits per heavy atom. The molecule has 9 nitrogen and oxygen atoms in total. The van der Waals surface area contributed by atoms with E-state index in [1.54, 1.807) is 22.9 Å². The van der Waals surface area contributed by atoms with Gasteiger partial charge in [0.1, 0.15) is 5.69 Å². The number of carbonyl (C=O) groups excluding carboxylic acids is 2. The number of rotatable bonds is 8. The molecule has 0 atom stereocenters. The third-order valence-corrected chi connectivity index (χ3v) is 7.26. The molecule has 192 valence electrons. The number of nitrogens with one attached hydrogen (secondary N) is 1. The molecule has 0 unspecified atom stereocenters. The highest BCUT2D eigenvalue weighted by molar-refractivity contribution is 7.99. The Hall–Kier alpha value is -3.92. The smallest absolute Gasteiger partial charge is 0.310 e. The second kappa shape index (κ2) is 11.9. The van der Waals surface area contributed by atoms with E-state index in [0.717, 1.165) is 29.1 Å². The van der Waals surface area contributed by atoms with Gasteiger partial charge in [0.2, 0.25) is 0 Å². The van der Waals surface area contributed by atoms with Gasteiger partial charge in [-0.1, -0.05) is 19.1 Å². The van der Waals surface area contributed by atoms with Gasteiger partial charge in [-0.3, -0.25) is 19.7 Å². The predicted octanol–water partition coefficient (Wildman–Crippen LogP) is 5.38. The average molecular weight is 521 g/mol. The van der Waals surface area contributed by atoms with Crippen molar-refractivity contribution in [3.63, 3.8) is 0 Å². The Morgan fingerprint density at radius 1 is 1.16 bits per heavy atom. The highest BCUT2D eigenvalue weighted by Crippen LogP contribution is 2.32. The van der Waals surface area contributed by atoms with Crippen LogP contribution in [0, 0.1) is 10.1 Å². The minimum absolute atomic E-state index is 0.0707. The van der Waals surface area contributed by atoms with Gasteiger partial charge in [-0.15, -0.1) is 11.8 Å². The summed E-state index contributed by atoms with van der Waals surface area (Å²) < 4.78 is 5.09. The molecule has 10 heteroatoms. The zero-order valence-corrected chi connectivity index (χ0v) is 21.5. The third kappa shape index (κ3) is 6.08. The molecule has 1 aliphatic rings.